The van der Waals surface area contributed by atoms with Gasteiger partial charge >= 0.3 is 0 Å². The fraction of sp³-hybridized carbons (Fsp3) is 0.294. The monoisotopic (exact) mass is 307 g/mol. The van der Waals surface area contributed by atoms with Gasteiger partial charge in [-0.15, -0.1) is 0 Å². The third-order valence-electron chi connectivity index (χ3n) is 3.33. The highest BCUT2D eigenvalue weighted by molar-refractivity contribution is 6.30. The van der Waals surface area contributed by atoms with Gasteiger partial charge in [-0.3, -0.25) is 0 Å². The van der Waals surface area contributed by atoms with Gasteiger partial charge in [-0.2, -0.15) is 0 Å². The van der Waals surface area contributed by atoms with Crippen molar-refractivity contribution in [2.24, 2.45) is 0 Å². The Labute approximate surface area is 129 Å². The molecule has 1 unspecified atom stereocenters. The van der Waals surface area contributed by atoms with E-state index in [1.54, 1.807) is 19.2 Å². The number of halogens is 2. The summed E-state index contributed by atoms with van der Waals surface area (Å²) in [6.45, 7) is 4.49. The molecule has 0 radical (unpaired) electrons. The van der Waals surface area contributed by atoms with Crippen molar-refractivity contribution >= 4 is 11.6 Å². The summed E-state index contributed by atoms with van der Waals surface area (Å²) in [6, 6.07) is 10.2. The molecule has 0 heterocycles. The SMILES string of the molecule is CCOc1ccc(C)cc1C(NC)c1cc(Cl)ccc1F. The molecule has 0 fully saturated rings. The van der Waals surface area contributed by atoms with E-state index in [0.717, 1.165) is 16.9 Å². The van der Waals surface area contributed by atoms with Crippen LogP contribution < -0.4 is 10.1 Å². The molecule has 1 atom stereocenters. The summed E-state index contributed by atoms with van der Waals surface area (Å²) in [6.07, 6.45) is 0. The van der Waals surface area contributed by atoms with Crippen LogP contribution in [0, 0.1) is 12.7 Å². The van der Waals surface area contributed by atoms with Crippen LogP contribution in [0.25, 0.3) is 0 Å². The van der Waals surface area contributed by atoms with Crippen molar-refractivity contribution < 1.29 is 9.13 Å². The topological polar surface area (TPSA) is 21.3 Å². The second-order valence-electron chi connectivity index (χ2n) is 4.86. The molecule has 0 aliphatic carbocycles. The second-order valence-corrected chi connectivity index (χ2v) is 5.30. The molecule has 0 saturated heterocycles. The van der Waals surface area contributed by atoms with Gasteiger partial charge in [0.1, 0.15) is 11.6 Å². The summed E-state index contributed by atoms with van der Waals surface area (Å²) in [5, 5.41) is 3.66. The predicted octanol–water partition coefficient (Wildman–Crippen LogP) is 4.50. The van der Waals surface area contributed by atoms with E-state index in [9.17, 15) is 4.39 Å². The molecule has 0 aliphatic rings. The summed E-state index contributed by atoms with van der Waals surface area (Å²) in [7, 11) is 1.79. The fourth-order valence-corrected chi connectivity index (χ4v) is 2.58. The molecule has 0 amide bonds. The highest BCUT2D eigenvalue weighted by atomic mass is 35.5. The first kappa shape index (κ1) is 15.8. The molecule has 2 aromatic rings. The Morgan fingerprint density at radius 2 is 1.95 bits per heavy atom. The molecule has 2 nitrogen and oxygen atoms in total. The third kappa shape index (κ3) is 3.55. The van der Waals surface area contributed by atoms with Gasteiger partial charge in [-0.1, -0.05) is 29.3 Å². The lowest BCUT2D eigenvalue weighted by molar-refractivity contribution is 0.333. The molecule has 1 N–H and O–H groups in total. The Bertz CT molecular complexity index is 630. The lowest BCUT2D eigenvalue weighted by Crippen LogP contribution is -2.20. The number of ether oxygens (including phenoxy) is 1. The van der Waals surface area contributed by atoms with Crippen molar-refractivity contribution in [1.82, 2.24) is 5.32 Å². The zero-order chi connectivity index (χ0) is 15.4. The van der Waals surface area contributed by atoms with Gasteiger partial charge < -0.3 is 10.1 Å². The average Bonchev–Trinajstić information content (AvgIpc) is 2.46. The standard InChI is InChI=1S/C17H19ClFNO/c1-4-21-16-8-5-11(2)9-14(16)17(20-3)13-10-12(18)6-7-15(13)19/h5-10,17,20H,4H2,1-3H3. The minimum Gasteiger partial charge on any atom is -0.494 e. The summed E-state index contributed by atoms with van der Waals surface area (Å²) in [4.78, 5) is 0. The first-order valence-corrected chi connectivity index (χ1v) is 7.30. The molecular formula is C17H19ClFNO. The molecule has 21 heavy (non-hydrogen) atoms. The smallest absolute Gasteiger partial charge is 0.128 e. The maximum Gasteiger partial charge on any atom is 0.128 e. The van der Waals surface area contributed by atoms with Gasteiger partial charge in [0.25, 0.3) is 0 Å². The second kappa shape index (κ2) is 6.92. The third-order valence-corrected chi connectivity index (χ3v) is 3.57. The molecule has 4 heteroatoms. The van der Waals surface area contributed by atoms with E-state index in [1.807, 2.05) is 32.0 Å². The van der Waals surface area contributed by atoms with Crippen LogP contribution in [0.2, 0.25) is 5.02 Å². The number of rotatable bonds is 5. The van der Waals surface area contributed by atoms with E-state index < -0.39 is 0 Å². The van der Waals surface area contributed by atoms with Crippen molar-refractivity contribution in [3.63, 3.8) is 0 Å². The fourth-order valence-electron chi connectivity index (χ4n) is 2.39. The molecule has 2 aromatic carbocycles. The van der Waals surface area contributed by atoms with Crippen molar-refractivity contribution in [2.45, 2.75) is 19.9 Å². The van der Waals surface area contributed by atoms with E-state index in [4.69, 9.17) is 16.3 Å². The number of aryl methyl sites for hydroxylation is 1. The quantitative estimate of drug-likeness (QED) is 0.878. The Hall–Kier alpha value is -1.58. The highest BCUT2D eigenvalue weighted by Crippen LogP contribution is 2.33. The van der Waals surface area contributed by atoms with Gasteiger partial charge in [0, 0.05) is 16.1 Å². The Kier molecular flexibility index (Phi) is 5.21. The molecule has 112 valence electrons. The van der Waals surface area contributed by atoms with Crippen molar-refractivity contribution in [1.29, 1.82) is 0 Å². The van der Waals surface area contributed by atoms with Crippen LogP contribution in [-0.4, -0.2) is 13.7 Å². The van der Waals surface area contributed by atoms with Gasteiger partial charge in [0.05, 0.1) is 12.6 Å². The molecule has 0 saturated carbocycles. The van der Waals surface area contributed by atoms with E-state index in [0.29, 0.717) is 17.2 Å². The van der Waals surface area contributed by atoms with E-state index >= 15 is 0 Å². The first-order chi connectivity index (χ1) is 10.1. The van der Waals surface area contributed by atoms with Crippen molar-refractivity contribution in [3.8, 4) is 5.75 Å². The highest BCUT2D eigenvalue weighted by Gasteiger charge is 2.20. The summed E-state index contributed by atoms with van der Waals surface area (Å²) >= 11 is 6.01. The Morgan fingerprint density at radius 1 is 1.19 bits per heavy atom. The Morgan fingerprint density at radius 3 is 2.62 bits per heavy atom. The maximum atomic E-state index is 14.2. The number of nitrogens with one attached hydrogen (secondary N) is 1. The molecule has 0 aliphatic heterocycles. The van der Waals surface area contributed by atoms with Crippen LogP contribution in [-0.2, 0) is 0 Å². The summed E-state index contributed by atoms with van der Waals surface area (Å²) < 4.78 is 19.8. The van der Waals surface area contributed by atoms with Crippen LogP contribution in [0.15, 0.2) is 36.4 Å². The molecule has 0 bridgehead atoms. The minimum atomic E-state index is -0.315. The number of hydrogen-bond donors (Lipinski definition) is 1. The van der Waals surface area contributed by atoms with E-state index in [2.05, 4.69) is 5.32 Å². The zero-order valence-corrected chi connectivity index (χ0v) is 13.2. The van der Waals surface area contributed by atoms with E-state index in [-0.39, 0.29) is 11.9 Å². The lowest BCUT2D eigenvalue weighted by atomic mass is 9.96. The van der Waals surface area contributed by atoms with Gasteiger partial charge in [-0.25, -0.2) is 4.39 Å². The number of hydrogen-bond acceptors (Lipinski definition) is 2. The van der Waals surface area contributed by atoms with Crippen LogP contribution in [0.1, 0.15) is 29.7 Å². The van der Waals surface area contributed by atoms with Crippen LogP contribution >= 0.6 is 11.6 Å². The first-order valence-electron chi connectivity index (χ1n) is 6.92. The van der Waals surface area contributed by atoms with Gasteiger partial charge in [0.15, 0.2) is 0 Å². The predicted molar refractivity (Wildman–Crippen MR) is 84.7 cm³/mol. The summed E-state index contributed by atoms with van der Waals surface area (Å²) in [5.41, 5.74) is 2.51. The molecular weight excluding hydrogens is 289 g/mol. The van der Waals surface area contributed by atoms with Gasteiger partial charge in [-0.05, 0) is 45.2 Å². The average molecular weight is 308 g/mol. The van der Waals surface area contributed by atoms with Crippen molar-refractivity contribution in [2.75, 3.05) is 13.7 Å². The number of benzene rings is 2. The molecule has 0 aromatic heterocycles. The van der Waals surface area contributed by atoms with Crippen LogP contribution in [0.4, 0.5) is 4.39 Å². The van der Waals surface area contributed by atoms with E-state index in [1.165, 1.54) is 6.07 Å². The lowest BCUT2D eigenvalue weighted by Gasteiger charge is -2.21. The van der Waals surface area contributed by atoms with Crippen LogP contribution in [0.5, 0.6) is 5.75 Å². The van der Waals surface area contributed by atoms with Crippen molar-refractivity contribution in [3.05, 3.63) is 63.9 Å². The Balaban J connectivity index is 2.55. The van der Waals surface area contributed by atoms with Crippen LogP contribution in [0.3, 0.4) is 0 Å². The largest absolute Gasteiger partial charge is 0.494 e. The minimum absolute atomic E-state index is 0.289. The molecule has 0 spiro atoms. The normalized spacial score (nSPS) is 12.2. The van der Waals surface area contributed by atoms with Gasteiger partial charge in [0.2, 0.25) is 0 Å². The summed E-state index contributed by atoms with van der Waals surface area (Å²) in [5.74, 6) is 0.463. The zero-order valence-electron chi connectivity index (χ0n) is 12.4. The maximum absolute atomic E-state index is 14.2. The molecule has 2 rings (SSSR count).